The van der Waals surface area contributed by atoms with Crippen LogP contribution in [0.2, 0.25) is 0 Å². The molecule has 0 spiro atoms. The third-order valence-corrected chi connectivity index (χ3v) is 2.77. The molecular weight excluding hydrogens is 255 g/mol. The number of hydrogen-bond donors (Lipinski definition) is 2. The first kappa shape index (κ1) is 13.3. The van der Waals surface area contributed by atoms with E-state index in [1.54, 1.807) is 19.1 Å². The van der Waals surface area contributed by atoms with Crippen molar-refractivity contribution in [1.29, 1.82) is 0 Å². The summed E-state index contributed by atoms with van der Waals surface area (Å²) in [6.07, 6.45) is 0. The molecule has 0 atom stereocenters. The van der Waals surface area contributed by atoms with E-state index >= 15 is 0 Å². The van der Waals surface area contributed by atoms with Gasteiger partial charge in [0.25, 0.3) is 0 Å². The van der Waals surface area contributed by atoms with E-state index in [4.69, 9.17) is 0 Å². The van der Waals surface area contributed by atoms with Crippen LogP contribution in [0.3, 0.4) is 0 Å². The summed E-state index contributed by atoms with van der Waals surface area (Å²) in [5, 5.41) is 12.2. The molecule has 19 heavy (non-hydrogen) atoms. The summed E-state index contributed by atoms with van der Waals surface area (Å²) in [7, 11) is 0. The molecule has 0 bridgehead atoms. The number of nitrogens with one attached hydrogen (secondary N) is 1. The van der Waals surface area contributed by atoms with Gasteiger partial charge in [0.2, 0.25) is 0 Å². The van der Waals surface area contributed by atoms with Crippen LogP contribution in [0.15, 0.2) is 30.3 Å². The lowest BCUT2D eigenvalue weighted by Gasteiger charge is -2.09. The molecule has 0 aromatic heterocycles. The van der Waals surface area contributed by atoms with Gasteiger partial charge in [0.1, 0.15) is 11.6 Å². The number of halogens is 3. The molecule has 0 saturated heterocycles. The number of aryl methyl sites for hydroxylation is 1. The van der Waals surface area contributed by atoms with Crippen LogP contribution in [-0.2, 0) is 6.54 Å². The molecule has 0 fully saturated rings. The molecule has 2 rings (SSSR count). The Morgan fingerprint density at radius 2 is 1.68 bits per heavy atom. The van der Waals surface area contributed by atoms with Crippen LogP contribution in [0.25, 0.3) is 0 Å². The summed E-state index contributed by atoms with van der Waals surface area (Å²) in [5.74, 6) is -2.94. The molecule has 0 amide bonds. The van der Waals surface area contributed by atoms with E-state index in [2.05, 4.69) is 5.32 Å². The van der Waals surface area contributed by atoms with Gasteiger partial charge in [-0.3, -0.25) is 0 Å². The quantitative estimate of drug-likeness (QED) is 0.656. The van der Waals surface area contributed by atoms with E-state index < -0.39 is 17.5 Å². The number of phenols is 1. The minimum atomic E-state index is -1.21. The monoisotopic (exact) mass is 267 g/mol. The highest BCUT2D eigenvalue weighted by atomic mass is 19.2. The second kappa shape index (κ2) is 5.22. The number of anilines is 1. The molecule has 0 saturated carbocycles. The first-order valence-electron chi connectivity index (χ1n) is 5.64. The van der Waals surface area contributed by atoms with Crippen molar-refractivity contribution in [3.63, 3.8) is 0 Å². The lowest BCUT2D eigenvalue weighted by molar-refractivity contribution is 0.471. The molecule has 0 unspecified atom stereocenters. The molecule has 2 nitrogen and oxygen atoms in total. The normalized spacial score (nSPS) is 10.5. The van der Waals surface area contributed by atoms with Gasteiger partial charge in [-0.15, -0.1) is 0 Å². The van der Waals surface area contributed by atoms with Crippen molar-refractivity contribution in [2.24, 2.45) is 0 Å². The largest absolute Gasteiger partial charge is 0.508 e. The van der Waals surface area contributed by atoms with E-state index in [0.717, 1.165) is 6.07 Å². The molecule has 0 aliphatic carbocycles. The molecule has 0 aliphatic heterocycles. The average Bonchev–Trinajstić information content (AvgIpc) is 2.36. The van der Waals surface area contributed by atoms with Crippen LogP contribution in [-0.4, -0.2) is 5.11 Å². The highest BCUT2D eigenvalue weighted by molar-refractivity contribution is 5.50. The Morgan fingerprint density at radius 1 is 1.00 bits per heavy atom. The molecule has 0 aliphatic rings. The number of hydrogen-bond acceptors (Lipinski definition) is 2. The van der Waals surface area contributed by atoms with Gasteiger partial charge in [-0.25, -0.2) is 13.2 Å². The Morgan fingerprint density at radius 3 is 2.37 bits per heavy atom. The van der Waals surface area contributed by atoms with E-state index in [1.165, 1.54) is 6.07 Å². The van der Waals surface area contributed by atoms with Gasteiger partial charge >= 0.3 is 0 Å². The van der Waals surface area contributed by atoms with Gasteiger partial charge in [-0.1, -0.05) is 0 Å². The maximum atomic E-state index is 13.4. The van der Waals surface area contributed by atoms with Gasteiger partial charge in [-0.2, -0.15) is 0 Å². The van der Waals surface area contributed by atoms with Crippen molar-refractivity contribution >= 4 is 5.69 Å². The van der Waals surface area contributed by atoms with Crippen molar-refractivity contribution in [3.8, 4) is 5.75 Å². The topological polar surface area (TPSA) is 32.3 Å². The van der Waals surface area contributed by atoms with Gasteiger partial charge in [-0.05, 0) is 36.8 Å². The van der Waals surface area contributed by atoms with Crippen molar-refractivity contribution in [1.82, 2.24) is 0 Å². The first-order chi connectivity index (χ1) is 8.97. The van der Waals surface area contributed by atoms with Crippen molar-refractivity contribution < 1.29 is 18.3 Å². The minimum absolute atomic E-state index is 0.0211. The van der Waals surface area contributed by atoms with E-state index in [1.807, 2.05) is 0 Å². The zero-order valence-electron chi connectivity index (χ0n) is 10.2. The van der Waals surface area contributed by atoms with Crippen molar-refractivity contribution in [2.45, 2.75) is 13.5 Å². The molecule has 0 heterocycles. The number of benzene rings is 2. The summed E-state index contributed by atoms with van der Waals surface area (Å²) in [4.78, 5) is 0. The van der Waals surface area contributed by atoms with Crippen LogP contribution < -0.4 is 5.32 Å². The number of aromatic hydroxyl groups is 1. The smallest absolute Gasteiger partial charge is 0.161 e. The third-order valence-electron chi connectivity index (χ3n) is 2.77. The standard InChI is InChI=1S/C14H12F3NO/c1-8-4-10(2-3-14(8)19)18-7-9-5-12(16)13(17)6-11(9)15/h2-6,18-19H,7H2,1H3. The molecule has 0 radical (unpaired) electrons. The average molecular weight is 267 g/mol. The number of rotatable bonds is 3. The van der Waals surface area contributed by atoms with Crippen LogP contribution >= 0.6 is 0 Å². The van der Waals surface area contributed by atoms with Gasteiger partial charge in [0, 0.05) is 23.9 Å². The van der Waals surface area contributed by atoms with E-state index in [9.17, 15) is 18.3 Å². The van der Waals surface area contributed by atoms with Gasteiger partial charge < -0.3 is 10.4 Å². The predicted molar refractivity (Wildman–Crippen MR) is 66.5 cm³/mol. The zero-order valence-corrected chi connectivity index (χ0v) is 10.2. The van der Waals surface area contributed by atoms with E-state index in [-0.39, 0.29) is 17.9 Å². The lowest BCUT2D eigenvalue weighted by Crippen LogP contribution is -2.03. The minimum Gasteiger partial charge on any atom is -0.508 e. The summed E-state index contributed by atoms with van der Waals surface area (Å²) >= 11 is 0. The summed E-state index contributed by atoms with van der Waals surface area (Å²) in [5.41, 5.74) is 1.35. The first-order valence-corrected chi connectivity index (χ1v) is 5.64. The SMILES string of the molecule is Cc1cc(NCc2cc(F)c(F)cc2F)ccc1O. The Hall–Kier alpha value is -2.17. The molecule has 100 valence electrons. The van der Waals surface area contributed by atoms with Gasteiger partial charge in [0.05, 0.1) is 0 Å². The zero-order chi connectivity index (χ0) is 14.0. The van der Waals surface area contributed by atoms with Crippen LogP contribution in [0, 0.1) is 24.4 Å². The fraction of sp³-hybridized carbons (Fsp3) is 0.143. The molecular formula is C14H12F3NO. The maximum absolute atomic E-state index is 13.4. The van der Waals surface area contributed by atoms with Gasteiger partial charge in [0.15, 0.2) is 11.6 Å². The fourth-order valence-corrected chi connectivity index (χ4v) is 1.66. The fourth-order valence-electron chi connectivity index (χ4n) is 1.66. The Kier molecular flexibility index (Phi) is 3.64. The van der Waals surface area contributed by atoms with Crippen LogP contribution in [0.1, 0.15) is 11.1 Å². The maximum Gasteiger partial charge on any atom is 0.161 e. The second-order valence-corrected chi connectivity index (χ2v) is 4.21. The van der Waals surface area contributed by atoms with Crippen LogP contribution in [0.4, 0.5) is 18.9 Å². The summed E-state index contributed by atoms with van der Waals surface area (Å²) in [6.45, 7) is 1.74. The summed E-state index contributed by atoms with van der Waals surface area (Å²) < 4.78 is 39.1. The molecule has 5 heteroatoms. The second-order valence-electron chi connectivity index (χ2n) is 4.21. The van der Waals surface area contributed by atoms with Crippen molar-refractivity contribution in [2.75, 3.05) is 5.32 Å². The predicted octanol–water partition coefficient (Wildman–Crippen LogP) is 3.73. The third kappa shape index (κ3) is 2.99. The number of phenolic OH excluding ortho intramolecular Hbond substituents is 1. The van der Waals surface area contributed by atoms with Crippen LogP contribution in [0.5, 0.6) is 5.75 Å². The highest BCUT2D eigenvalue weighted by Crippen LogP contribution is 2.21. The molecule has 2 aromatic carbocycles. The highest BCUT2D eigenvalue weighted by Gasteiger charge is 2.09. The van der Waals surface area contributed by atoms with Crippen molar-refractivity contribution in [3.05, 3.63) is 58.9 Å². The Bertz CT molecular complexity index is 614. The Balaban J connectivity index is 2.14. The molecule has 2 aromatic rings. The van der Waals surface area contributed by atoms with E-state index in [0.29, 0.717) is 17.3 Å². The molecule has 2 N–H and O–H groups in total. The summed E-state index contributed by atoms with van der Waals surface area (Å²) in [6, 6.07) is 6.13. The lowest BCUT2D eigenvalue weighted by atomic mass is 10.1. The Labute approximate surface area is 108 Å².